The van der Waals surface area contributed by atoms with Crippen molar-refractivity contribution in [2.24, 2.45) is 5.92 Å². The van der Waals surface area contributed by atoms with E-state index in [0.717, 1.165) is 0 Å². The van der Waals surface area contributed by atoms with E-state index < -0.39 is 11.9 Å². The molecule has 0 aliphatic carbocycles. The van der Waals surface area contributed by atoms with Crippen molar-refractivity contribution in [3.05, 3.63) is 0 Å². The summed E-state index contributed by atoms with van der Waals surface area (Å²) in [7, 11) is 1.25. The molecule has 0 spiro atoms. The topological polar surface area (TPSA) is 60.4 Å². The molecule has 0 saturated heterocycles. The maximum atomic E-state index is 11.3. The van der Waals surface area contributed by atoms with Crippen LogP contribution in [0.4, 0.5) is 0 Å². The molecule has 4 nitrogen and oxygen atoms in total. The van der Waals surface area contributed by atoms with Gasteiger partial charge in [-0.05, 0) is 20.3 Å². The highest BCUT2D eigenvalue weighted by molar-refractivity contribution is 5.98. The van der Waals surface area contributed by atoms with Gasteiger partial charge >= 0.3 is 5.97 Å². The minimum Gasteiger partial charge on any atom is -0.468 e. The molecular formula is C10H16O4. The number of rotatable bonds is 6. The third kappa shape index (κ3) is 4.74. The van der Waals surface area contributed by atoms with Crippen LogP contribution in [0.5, 0.6) is 0 Å². The molecule has 0 radical (unpaired) electrons. The number of Topliss-reactive ketones (excluding diaryl/α,β-unsaturated/α-hetero) is 2. The van der Waals surface area contributed by atoms with Crippen LogP contribution in [0.25, 0.3) is 0 Å². The maximum absolute atomic E-state index is 11.3. The predicted octanol–water partition coefficient (Wildman–Crippen LogP) is 1.12. The van der Waals surface area contributed by atoms with Gasteiger partial charge in [-0.25, -0.2) is 0 Å². The highest BCUT2D eigenvalue weighted by Crippen LogP contribution is 2.07. The lowest BCUT2D eigenvalue weighted by atomic mass is 10.0. The van der Waals surface area contributed by atoms with Crippen LogP contribution in [-0.2, 0) is 19.1 Å². The fourth-order valence-electron chi connectivity index (χ4n) is 1.04. The molecule has 0 bridgehead atoms. The van der Waals surface area contributed by atoms with E-state index in [4.69, 9.17) is 0 Å². The normalized spacial score (nSPS) is 11.9. The molecule has 0 aromatic rings. The Hall–Kier alpha value is -1.19. The summed E-state index contributed by atoms with van der Waals surface area (Å²) in [5.41, 5.74) is 0. The van der Waals surface area contributed by atoms with Crippen molar-refractivity contribution < 1.29 is 19.1 Å². The first-order valence-electron chi connectivity index (χ1n) is 4.59. The van der Waals surface area contributed by atoms with E-state index in [9.17, 15) is 14.4 Å². The number of carbonyl (C=O) groups is 3. The summed E-state index contributed by atoms with van der Waals surface area (Å²) in [5, 5.41) is 0. The van der Waals surface area contributed by atoms with Crippen LogP contribution in [0.2, 0.25) is 0 Å². The Morgan fingerprint density at radius 1 is 1.21 bits per heavy atom. The molecule has 0 amide bonds. The van der Waals surface area contributed by atoms with Gasteiger partial charge in [-0.15, -0.1) is 0 Å². The number of ketones is 2. The molecular weight excluding hydrogens is 184 g/mol. The van der Waals surface area contributed by atoms with E-state index in [1.165, 1.54) is 21.0 Å². The molecule has 14 heavy (non-hydrogen) atoms. The van der Waals surface area contributed by atoms with Crippen LogP contribution in [0, 0.1) is 5.92 Å². The van der Waals surface area contributed by atoms with E-state index in [1.807, 2.05) is 0 Å². The first kappa shape index (κ1) is 12.8. The summed E-state index contributed by atoms with van der Waals surface area (Å²) in [4.78, 5) is 32.8. The third-order valence-corrected chi connectivity index (χ3v) is 1.99. The second-order valence-electron chi connectivity index (χ2n) is 3.27. The average Bonchev–Trinajstić information content (AvgIpc) is 2.14. The SMILES string of the molecule is COC(=O)C(C)C(=O)CCCC(C)=O. The lowest BCUT2D eigenvalue weighted by molar-refractivity contribution is -0.148. The fraction of sp³-hybridized carbons (Fsp3) is 0.700. The van der Waals surface area contributed by atoms with Crippen molar-refractivity contribution in [1.29, 1.82) is 0 Å². The monoisotopic (exact) mass is 200 g/mol. The summed E-state index contributed by atoms with van der Waals surface area (Å²) in [5.74, 6) is -1.34. The number of methoxy groups -OCH3 is 1. The van der Waals surface area contributed by atoms with Gasteiger partial charge in [0.05, 0.1) is 7.11 Å². The second kappa shape index (κ2) is 6.29. The summed E-state index contributed by atoms with van der Waals surface area (Å²) < 4.78 is 4.43. The van der Waals surface area contributed by atoms with E-state index in [-0.39, 0.29) is 18.0 Å². The van der Waals surface area contributed by atoms with Crippen molar-refractivity contribution in [2.75, 3.05) is 7.11 Å². The lowest BCUT2D eigenvalue weighted by Crippen LogP contribution is -2.22. The predicted molar refractivity (Wildman–Crippen MR) is 50.7 cm³/mol. The molecule has 0 fully saturated rings. The quantitative estimate of drug-likeness (QED) is 0.476. The third-order valence-electron chi connectivity index (χ3n) is 1.99. The molecule has 1 unspecified atom stereocenters. The Kier molecular flexibility index (Phi) is 5.76. The summed E-state index contributed by atoms with van der Waals surface area (Å²) >= 11 is 0. The first-order chi connectivity index (χ1) is 6.49. The van der Waals surface area contributed by atoms with Crippen molar-refractivity contribution in [1.82, 2.24) is 0 Å². The summed E-state index contributed by atoms with van der Waals surface area (Å²) in [6, 6.07) is 0. The number of carbonyl (C=O) groups excluding carboxylic acids is 3. The highest BCUT2D eigenvalue weighted by Gasteiger charge is 2.21. The van der Waals surface area contributed by atoms with Crippen LogP contribution in [0.1, 0.15) is 33.1 Å². The molecule has 0 N–H and O–H groups in total. The van der Waals surface area contributed by atoms with Crippen LogP contribution in [0.3, 0.4) is 0 Å². The van der Waals surface area contributed by atoms with Crippen molar-refractivity contribution in [2.45, 2.75) is 33.1 Å². The smallest absolute Gasteiger partial charge is 0.315 e. The fourth-order valence-corrected chi connectivity index (χ4v) is 1.04. The van der Waals surface area contributed by atoms with E-state index >= 15 is 0 Å². The van der Waals surface area contributed by atoms with Gasteiger partial charge in [0, 0.05) is 12.8 Å². The van der Waals surface area contributed by atoms with E-state index in [0.29, 0.717) is 12.8 Å². The zero-order chi connectivity index (χ0) is 11.1. The molecule has 80 valence electrons. The molecule has 0 rings (SSSR count). The summed E-state index contributed by atoms with van der Waals surface area (Å²) in [6.45, 7) is 3.00. The Morgan fingerprint density at radius 3 is 2.21 bits per heavy atom. The van der Waals surface area contributed by atoms with Crippen LogP contribution >= 0.6 is 0 Å². The van der Waals surface area contributed by atoms with Gasteiger partial charge in [0.2, 0.25) is 0 Å². The van der Waals surface area contributed by atoms with Crippen LogP contribution < -0.4 is 0 Å². The molecule has 4 heteroatoms. The molecule has 0 aliphatic heterocycles. The van der Waals surface area contributed by atoms with E-state index in [1.54, 1.807) is 0 Å². The Balaban J connectivity index is 3.84. The zero-order valence-corrected chi connectivity index (χ0v) is 8.83. The molecule has 0 heterocycles. The van der Waals surface area contributed by atoms with E-state index in [2.05, 4.69) is 4.74 Å². The first-order valence-corrected chi connectivity index (χ1v) is 4.59. The Bertz CT molecular complexity index is 232. The van der Waals surface area contributed by atoms with Gasteiger partial charge < -0.3 is 9.53 Å². The molecule has 1 atom stereocenters. The van der Waals surface area contributed by atoms with Crippen LogP contribution in [-0.4, -0.2) is 24.6 Å². The molecule has 0 saturated carbocycles. The zero-order valence-electron chi connectivity index (χ0n) is 8.83. The average molecular weight is 200 g/mol. The van der Waals surface area contributed by atoms with Gasteiger partial charge in [0.1, 0.15) is 17.5 Å². The van der Waals surface area contributed by atoms with Gasteiger partial charge in [-0.2, -0.15) is 0 Å². The van der Waals surface area contributed by atoms with Gasteiger partial charge in [0.25, 0.3) is 0 Å². The molecule has 0 aliphatic rings. The van der Waals surface area contributed by atoms with Crippen molar-refractivity contribution >= 4 is 17.5 Å². The Morgan fingerprint density at radius 2 is 1.79 bits per heavy atom. The van der Waals surface area contributed by atoms with Gasteiger partial charge in [0.15, 0.2) is 0 Å². The van der Waals surface area contributed by atoms with Gasteiger partial charge in [-0.3, -0.25) is 9.59 Å². The number of hydrogen-bond acceptors (Lipinski definition) is 4. The maximum Gasteiger partial charge on any atom is 0.315 e. The molecule has 0 aromatic carbocycles. The standard InChI is InChI=1S/C10H16O4/c1-7(11)5-4-6-9(12)8(2)10(13)14-3/h8H,4-6H2,1-3H3. The number of esters is 1. The second-order valence-corrected chi connectivity index (χ2v) is 3.27. The lowest BCUT2D eigenvalue weighted by Gasteiger charge is -2.06. The highest BCUT2D eigenvalue weighted by atomic mass is 16.5. The van der Waals surface area contributed by atoms with Gasteiger partial charge in [-0.1, -0.05) is 0 Å². The number of ether oxygens (including phenoxy) is 1. The minimum absolute atomic E-state index is 0.0588. The summed E-state index contributed by atoms with van der Waals surface area (Å²) in [6.07, 6.45) is 1.16. The minimum atomic E-state index is -0.716. The largest absolute Gasteiger partial charge is 0.468 e. The van der Waals surface area contributed by atoms with Crippen LogP contribution in [0.15, 0.2) is 0 Å². The number of hydrogen-bond donors (Lipinski definition) is 0. The molecule has 0 aromatic heterocycles. The van der Waals surface area contributed by atoms with Crippen molar-refractivity contribution in [3.63, 3.8) is 0 Å². The van der Waals surface area contributed by atoms with Crippen molar-refractivity contribution in [3.8, 4) is 0 Å². The Labute approximate surface area is 83.6 Å².